The summed E-state index contributed by atoms with van der Waals surface area (Å²) in [6.45, 7) is 5.80. The Kier molecular flexibility index (Phi) is 5.49. The van der Waals surface area contributed by atoms with Crippen LogP contribution in [-0.2, 0) is 19.1 Å². The summed E-state index contributed by atoms with van der Waals surface area (Å²) in [6.07, 6.45) is 7.71. The number of esters is 1. The van der Waals surface area contributed by atoms with Crippen molar-refractivity contribution in [3.63, 3.8) is 0 Å². The number of ether oxygens (including phenoxy) is 2. The first kappa shape index (κ1) is 19.0. The molecule has 2 fully saturated rings. The molecule has 1 unspecified atom stereocenters. The number of hydrogen-bond donors (Lipinski definition) is 0. The van der Waals surface area contributed by atoms with Crippen LogP contribution in [0.3, 0.4) is 0 Å². The lowest BCUT2D eigenvalue weighted by Crippen LogP contribution is -2.63. The summed E-state index contributed by atoms with van der Waals surface area (Å²) < 4.78 is 11.4. The molecule has 0 saturated carbocycles. The predicted octanol–water partition coefficient (Wildman–Crippen LogP) is 3.83. The first-order valence-corrected chi connectivity index (χ1v) is 9.19. The molecule has 1 aromatic carbocycles. The minimum Gasteiger partial charge on any atom is -0.471 e. The molecular weight excluding hydrogens is 342 g/mol. The van der Waals surface area contributed by atoms with E-state index in [9.17, 15) is 9.59 Å². The highest BCUT2D eigenvalue weighted by atomic mass is 16.6. The first-order chi connectivity index (χ1) is 13.0. The van der Waals surface area contributed by atoms with Crippen molar-refractivity contribution in [2.24, 2.45) is 0 Å². The van der Waals surface area contributed by atoms with Crippen LogP contribution >= 0.6 is 0 Å². The van der Waals surface area contributed by atoms with Gasteiger partial charge in [0.2, 0.25) is 11.4 Å². The molecule has 1 aromatic rings. The lowest BCUT2D eigenvalue weighted by molar-refractivity contribution is -0.172. The zero-order chi connectivity index (χ0) is 19.4. The lowest BCUT2D eigenvalue weighted by atomic mass is 9.88. The fourth-order valence-corrected chi connectivity index (χ4v) is 3.40. The second kappa shape index (κ2) is 7.82. The quantitative estimate of drug-likeness (QED) is 0.436. The van der Waals surface area contributed by atoms with Crippen molar-refractivity contribution < 1.29 is 19.1 Å². The molecule has 0 aromatic heterocycles. The first-order valence-electron chi connectivity index (χ1n) is 9.19. The number of hydrogen-bond acceptors (Lipinski definition) is 4. The smallest absolute Gasteiger partial charge is 0.340 e. The Morgan fingerprint density at radius 2 is 2.07 bits per heavy atom. The molecule has 27 heavy (non-hydrogen) atoms. The molecule has 0 N–H and O–H groups in total. The normalized spacial score (nSPS) is 26.1. The van der Waals surface area contributed by atoms with Gasteiger partial charge in [-0.3, -0.25) is 9.69 Å². The second-order valence-corrected chi connectivity index (χ2v) is 6.78. The maximum atomic E-state index is 13.1. The molecule has 0 radical (unpaired) electrons. The Morgan fingerprint density at radius 3 is 2.70 bits per heavy atom. The molecule has 0 bridgehead atoms. The zero-order valence-electron chi connectivity index (χ0n) is 16.0. The topological polar surface area (TPSA) is 55.8 Å². The maximum Gasteiger partial charge on any atom is 0.340 e. The van der Waals surface area contributed by atoms with Gasteiger partial charge in [-0.1, -0.05) is 48.6 Å². The van der Waals surface area contributed by atoms with Crippen LogP contribution in [0.15, 0.2) is 59.9 Å². The fourth-order valence-electron chi connectivity index (χ4n) is 3.40. The molecule has 5 nitrogen and oxygen atoms in total. The summed E-state index contributed by atoms with van der Waals surface area (Å²) in [7, 11) is 0. The van der Waals surface area contributed by atoms with Crippen LogP contribution in [0.1, 0.15) is 39.2 Å². The molecule has 2 saturated heterocycles. The van der Waals surface area contributed by atoms with Crippen molar-refractivity contribution in [3.8, 4) is 0 Å². The third-order valence-electron chi connectivity index (χ3n) is 5.03. The van der Waals surface area contributed by atoms with E-state index in [4.69, 9.17) is 9.47 Å². The molecule has 1 amide bonds. The van der Waals surface area contributed by atoms with Gasteiger partial charge in [0, 0.05) is 6.42 Å². The summed E-state index contributed by atoms with van der Waals surface area (Å²) in [6, 6.07) is 9.82. The van der Waals surface area contributed by atoms with Gasteiger partial charge in [0.15, 0.2) is 6.23 Å². The van der Waals surface area contributed by atoms with Crippen LogP contribution in [-0.4, -0.2) is 35.2 Å². The SMILES string of the molecule is C/C=C1\O[C@@H]2CC(=O)N2C1(C/C=C/c1ccccc1)C(=O)OC/C(C)=C/C. The monoisotopic (exact) mass is 367 g/mol. The Balaban J connectivity index is 1.90. The summed E-state index contributed by atoms with van der Waals surface area (Å²) in [4.78, 5) is 27.0. The zero-order valence-corrected chi connectivity index (χ0v) is 16.0. The Hall–Kier alpha value is -2.82. The van der Waals surface area contributed by atoms with Crippen LogP contribution in [0, 0.1) is 0 Å². The second-order valence-electron chi connectivity index (χ2n) is 6.78. The van der Waals surface area contributed by atoms with Gasteiger partial charge < -0.3 is 9.47 Å². The van der Waals surface area contributed by atoms with Crippen molar-refractivity contribution in [3.05, 3.63) is 65.5 Å². The number of fused-ring (bicyclic) bond motifs is 1. The number of β-lactam (4-membered cyclic amide) rings is 1. The fraction of sp³-hybridized carbons (Fsp3) is 0.364. The number of rotatable bonds is 6. The van der Waals surface area contributed by atoms with E-state index in [2.05, 4.69) is 0 Å². The molecular formula is C22H25NO4. The number of carbonyl (C=O) groups excluding carboxylic acids is 2. The number of allylic oxidation sites excluding steroid dienone is 2. The van der Waals surface area contributed by atoms with Crippen LogP contribution in [0.4, 0.5) is 0 Å². The molecule has 0 spiro atoms. The molecule has 2 aliphatic rings. The van der Waals surface area contributed by atoms with Crippen LogP contribution < -0.4 is 0 Å². The number of carbonyl (C=O) groups is 2. The molecule has 5 heteroatoms. The van der Waals surface area contributed by atoms with Gasteiger partial charge >= 0.3 is 5.97 Å². The minimum absolute atomic E-state index is 0.0929. The third kappa shape index (κ3) is 3.42. The van der Waals surface area contributed by atoms with Crippen molar-refractivity contribution in [1.82, 2.24) is 4.90 Å². The number of benzene rings is 1. The van der Waals surface area contributed by atoms with Crippen LogP contribution in [0.2, 0.25) is 0 Å². The third-order valence-corrected chi connectivity index (χ3v) is 5.03. The van der Waals surface area contributed by atoms with Crippen molar-refractivity contribution in [1.29, 1.82) is 0 Å². The van der Waals surface area contributed by atoms with E-state index in [1.165, 1.54) is 4.90 Å². The largest absolute Gasteiger partial charge is 0.471 e. The Labute approximate surface area is 159 Å². The standard InChI is InChI=1S/C22H25NO4/c1-4-16(3)15-26-21(25)22(13-9-12-17-10-7-6-8-11-17)18(5-2)27-20-14-19(24)23(20)22/h4-12,20H,13-15H2,1-3H3/b12-9+,16-4+,18-5-/t20-,22?/m1/s1. The van der Waals surface area contributed by atoms with Gasteiger partial charge in [-0.05, 0) is 38.0 Å². The van der Waals surface area contributed by atoms with E-state index < -0.39 is 11.5 Å². The van der Waals surface area contributed by atoms with E-state index in [1.54, 1.807) is 6.08 Å². The molecule has 2 atom stereocenters. The van der Waals surface area contributed by atoms with Gasteiger partial charge in [-0.15, -0.1) is 0 Å². The van der Waals surface area contributed by atoms with Crippen molar-refractivity contribution >= 4 is 18.0 Å². The minimum atomic E-state index is -1.23. The highest BCUT2D eigenvalue weighted by Gasteiger charge is 2.64. The summed E-state index contributed by atoms with van der Waals surface area (Å²) >= 11 is 0. The Bertz CT molecular complexity index is 809. The van der Waals surface area contributed by atoms with Crippen molar-refractivity contribution in [2.75, 3.05) is 6.61 Å². The van der Waals surface area contributed by atoms with Crippen LogP contribution in [0.5, 0.6) is 0 Å². The molecule has 2 heterocycles. The van der Waals surface area contributed by atoms with E-state index >= 15 is 0 Å². The summed E-state index contributed by atoms with van der Waals surface area (Å²) in [5.41, 5.74) is 0.748. The number of amides is 1. The maximum absolute atomic E-state index is 13.1. The Morgan fingerprint density at radius 1 is 1.33 bits per heavy atom. The predicted molar refractivity (Wildman–Crippen MR) is 103 cm³/mol. The van der Waals surface area contributed by atoms with Gasteiger partial charge in [0.1, 0.15) is 12.4 Å². The van der Waals surface area contributed by atoms with Crippen molar-refractivity contribution in [2.45, 2.75) is 45.4 Å². The molecule has 3 rings (SSSR count). The number of nitrogens with zero attached hydrogens (tertiary/aromatic N) is 1. The van der Waals surface area contributed by atoms with Gasteiger partial charge in [-0.25, -0.2) is 4.79 Å². The van der Waals surface area contributed by atoms with E-state index in [1.807, 2.05) is 69.3 Å². The van der Waals surface area contributed by atoms with Gasteiger partial charge in [-0.2, -0.15) is 0 Å². The summed E-state index contributed by atoms with van der Waals surface area (Å²) in [5, 5.41) is 0. The average molecular weight is 367 g/mol. The van der Waals surface area contributed by atoms with E-state index in [0.29, 0.717) is 18.6 Å². The summed E-state index contributed by atoms with van der Waals surface area (Å²) in [5.74, 6) is -0.0612. The van der Waals surface area contributed by atoms with Gasteiger partial charge in [0.25, 0.3) is 0 Å². The highest BCUT2D eigenvalue weighted by Crippen LogP contribution is 2.47. The molecule has 0 aliphatic carbocycles. The lowest BCUT2D eigenvalue weighted by Gasteiger charge is -2.41. The molecule has 142 valence electrons. The van der Waals surface area contributed by atoms with Crippen LogP contribution in [0.25, 0.3) is 6.08 Å². The van der Waals surface area contributed by atoms with E-state index in [-0.39, 0.29) is 18.7 Å². The van der Waals surface area contributed by atoms with Gasteiger partial charge in [0.05, 0.1) is 6.42 Å². The van der Waals surface area contributed by atoms with E-state index in [0.717, 1.165) is 11.1 Å². The average Bonchev–Trinajstić information content (AvgIpc) is 2.94. The highest BCUT2D eigenvalue weighted by molar-refractivity contribution is 5.95. The molecule has 2 aliphatic heterocycles.